The normalized spacial score (nSPS) is 22.2. The van der Waals surface area contributed by atoms with Gasteiger partial charge in [-0.2, -0.15) is 5.26 Å². The van der Waals surface area contributed by atoms with E-state index in [-0.39, 0.29) is 0 Å². The van der Waals surface area contributed by atoms with Crippen LogP contribution in [0.3, 0.4) is 0 Å². The molecule has 7 nitrogen and oxygen atoms in total. The lowest BCUT2D eigenvalue weighted by molar-refractivity contribution is -0.131. The van der Waals surface area contributed by atoms with Crippen LogP contribution in [0, 0.1) is 17.2 Å². The number of halogens is 2. The van der Waals surface area contributed by atoms with E-state index in [9.17, 15) is 18.4 Å². The molecule has 0 spiro atoms. The van der Waals surface area contributed by atoms with Crippen LogP contribution in [-0.2, 0) is 4.79 Å². The number of hydrogen-bond donors (Lipinski definition) is 1. The first-order valence-corrected chi connectivity index (χ1v) is 9.95. The van der Waals surface area contributed by atoms with Crippen molar-refractivity contribution in [1.82, 2.24) is 20.1 Å². The first-order valence-electron chi connectivity index (χ1n) is 9.95. The minimum Gasteiger partial charge on any atom is -0.343 e. The predicted octanol–water partition coefficient (Wildman–Crippen LogP) is 1.93. The Kier molecular flexibility index (Phi) is 6.77. The molecule has 2 amide bonds. The smallest absolute Gasteiger partial charge is 0.268 e. The Hall–Kier alpha value is -2.86. The van der Waals surface area contributed by atoms with Gasteiger partial charge in [0.25, 0.3) is 11.8 Å². The fourth-order valence-corrected chi connectivity index (χ4v) is 3.75. The topological polar surface area (TPSA) is 89.3 Å². The Morgan fingerprint density at radius 1 is 1.40 bits per heavy atom. The molecule has 0 unspecified atom stereocenters. The summed E-state index contributed by atoms with van der Waals surface area (Å²) in [6.45, 7) is 0.792. The summed E-state index contributed by atoms with van der Waals surface area (Å²) in [6, 6.07) is 2.09. The number of pyridine rings is 1. The number of piperidine rings is 1. The monoisotopic (exact) mass is 417 g/mol. The standard InChI is InChI=1S/C21H25F2N5O2/c1-27-8-5-15(6-9-27)2-3-16-12-25-7-4-18(16)20(30)26-13-19(29)28-14-21(22,23)10-17(28)11-24/h2-4,7,12,15,17H,5-6,8-10,13-14H2,1H3,(H,26,30)/b3-2+/t17-/m0/s1. The highest BCUT2D eigenvalue weighted by molar-refractivity contribution is 5.99. The second-order valence-corrected chi connectivity index (χ2v) is 7.87. The summed E-state index contributed by atoms with van der Waals surface area (Å²) in [5.74, 6) is -3.85. The van der Waals surface area contributed by atoms with E-state index in [2.05, 4.69) is 28.3 Å². The molecule has 1 N–H and O–H groups in total. The summed E-state index contributed by atoms with van der Waals surface area (Å²) in [6.07, 6.45) is 8.42. The summed E-state index contributed by atoms with van der Waals surface area (Å²) in [5, 5.41) is 11.5. The zero-order chi connectivity index (χ0) is 21.7. The number of amides is 2. The average Bonchev–Trinajstić information content (AvgIpc) is 3.06. The molecule has 3 rings (SSSR count). The van der Waals surface area contributed by atoms with Crippen molar-refractivity contribution in [3.8, 4) is 6.07 Å². The quantitative estimate of drug-likeness (QED) is 0.791. The number of allylic oxidation sites excluding steroid dienone is 1. The Bertz CT molecular complexity index is 859. The van der Waals surface area contributed by atoms with Gasteiger partial charge in [-0.05, 0) is 45.0 Å². The van der Waals surface area contributed by atoms with Gasteiger partial charge >= 0.3 is 0 Å². The van der Waals surface area contributed by atoms with Gasteiger partial charge in [-0.1, -0.05) is 12.2 Å². The highest BCUT2D eigenvalue weighted by atomic mass is 19.3. The lowest BCUT2D eigenvalue weighted by Crippen LogP contribution is -2.43. The number of rotatable bonds is 5. The SMILES string of the molecule is CN1CCC(/C=C/c2cnccc2C(=O)NCC(=O)N2CC(F)(F)C[C@H]2C#N)CC1. The molecule has 160 valence electrons. The molecule has 0 radical (unpaired) electrons. The van der Waals surface area contributed by atoms with Crippen LogP contribution in [0.2, 0.25) is 0 Å². The van der Waals surface area contributed by atoms with Gasteiger partial charge in [-0.15, -0.1) is 0 Å². The number of hydrogen-bond acceptors (Lipinski definition) is 5. The minimum atomic E-state index is -3.09. The minimum absolute atomic E-state index is 0.352. The predicted molar refractivity (Wildman–Crippen MR) is 107 cm³/mol. The summed E-state index contributed by atoms with van der Waals surface area (Å²) < 4.78 is 27.0. The van der Waals surface area contributed by atoms with E-state index in [0.29, 0.717) is 17.0 Å². The van der Waals surface area contributed by atoms with Crippen LogP contribution in [0.5, 0.6) is 0 Å². The van der Waals surface area contributed by atoms with E-state index in [1.54, 1.807) is 18.3 Å². The highest BCUT2D eigenvalue weighted by Gasteiger charge is 2.47. The van der Waals surface area contributed by atoms with Gasteiger partial charge in [-0.3, -0.25) is 14.6 Å². The zero-order valence-electron chi connectivity index (χ0n) is 16.9. The summed E-state index contributed by atoms with van der Waals surface area (Å²) in [4.78, 5) is 32.0. The van der Waals surface area contributed by atoms with Gasteiger partial charge in [0.2, 0.25) is 5.91 Å². The largest absolute Gasteiger partial charge is 0.343 e. The number of aromatic nitrogens is 1. The van der Waals surface area contributed by atoms with Crippen molar-refractivity contribution < 1.29 is 18.4 Å². The first kappa shape index (κ1) is 21.8. The lowest BCUT2D eigenvalue weighted by Gasteiger charge is -2.26. The van der Waals surface area contributed by atoms with E-state index < -0.39 is 43.3 Å². The van der Waals surface area contributed by atoms with Gasteiger partial charge in [-0.25, -0.2) is 8.78 Å². The van der Waals surface area contributed by atoms with Gasteiger partial charge in [0, 0.05) is 29.9 Å². The fraction of sp³-hybridized carbons (Fsp3) is 0.524. The molecule has 1 atom stereocenters. The molecular formula is C21H25F2N5O2. The summed E-state index contributed by atoms with van der Waals surface area (Å²) in [5.41, 5.74) is 0.981. The fourth-order valence-electron chi connectivity index (χ4n) is 3.75. The molecule has 2 aliphatic rings. The zero-order valence-corrected chi connectivity index (χ0v) is 16.9. The number of carbonyl (C=O) groups is 2. The van der Waals surface area contributed by atoms with Crippen molar-refractivity contribution >= 4 is 17.9 Å². The van der Waals surface area contributed by atoms with Crippen LogP contribution in [0.1, 0.15) is 35.2 Å². The molecule has 9 heteroatoms. The Balaban J connectivity index is 1.61. The van der Waals surface area contributed by atoms with Crippen molar-refractivity contribution in [3.63, 3.8) is 0 Å². The maximum atomic E-state index is 13.5. The number of alkyl halides is 2. The van der Waals surface area contributed by atoms with Crippen LogP contribution in [0.15, 0.2) is 24.5 Å². The molecule has 0 aliphatic carbocycles. The van der Waals surface area contributed by atoms with E-state index in [1.165, 1.54) is 6.20 Å². The van der Waals surface area contributed by atoms with Gasteiger partial charge in [0.05, 0.1) is 19.2 Å². The maximum absolute atomic E-state index is 13.5. The van der Waals surface area contributed by atoms with Crippen molar-refractivity contribution in [2.45, 2.75) is 31.2 Å². The molecule has 0 aromatic carbocycles. The third kappa shape index (κ3) is 5.39. The molecule has 2 fully saturated rings. The third-order valence-corrected chi connectivity index (χ3v) is 5.55. The highest BCUT2D eigenvalue weighted by Crippen LogP contribution is 2.31. The molecule has 0 saturated carbocycles. The van der Waals surface area contributed by atoms with E-state index in [0.717, 1.165) is 30.8 Å². The summed E-state index contributed by atoms with van der Waals surface area (Å²) >= 11 is 0. The molecule has 1 aromatic heterocycles. The number of likely N-dealkylation sites (tertiary alicyclic amines) is 2. The molecule has 2 saturated heterocycles. The maximum Gasteiger partial charge on any atom is 0.268 e. The molecule has 30 heavy (non-hydrogen) atoms. The summed E-state index contributed by atoms with van der Waals surface area (Å²) in [7, 11) is 2.09. The average molecular weight is 417 g/mol. The van der Waals surface area contributed by atoms with Crippen molar-refractivity contribution in [2.75, 3.05) is 33.2 Å². The number of nitriles is 1. The Morgan fingerprint density at radius 2 is 2.13 bits per heavy atom. The van der Waals surface area contributed by atoms with Crippen molar-refractivity contribution in [2.24, 2.45) is 5.92 Å². The van der Waals surface area contributed by atoms with E-state index in [1.807, 2.05) is 6.08 Å². The van der Waals surface area contributed by atoms with E-state index in [4.69, 9.17) is 5.26 Å². The Labute approximate surface area is 174 Å². The third-order valence-electron chi connectivity index (χ3n) is 5.55. The first-order chi connectivity index (χ1) is 14.3. The van der Waals surface area contributed by atoms with Gasteiger partial charge in [0.1, 0.15) is 6.04 Å². The van der Waals surface area contributed by atoms with Crippen LogP contribution < -0.4 is 5.32 Å². The van der Waals surface area contributed by atoms with Crippen molar-refractivity contribution in [1.29, 1.82) is 5.26 Å². The molecule has 1 aromatic rings. The number of carbonyl (C=O) groups excluding carboxylic acids is 2. The van der Waals surface area contributed by atoms with Crippen LogP contribution in [-0.4, -0.2) is 71.8 Å². The number of nitrogens with one attached hydrogen (secondary N) is 1. The van der Waals surface area contributed by atoms with Gasteiger partial charge < -0.3 is 15.1 Å². The second-order valence-electron chi connectivity index (χ2n) is 7.87. The Morgan fingerprint density at radius 3 is 2.83 bits per heavy atom. The molecule has 2 aliphatic heterocycles. The lowest BCUT2D eigenvalue weighted by atomic mass is 9.95. The molecule has 3 heterocycles. The van der Waals surface area contributed by atoms with Crippen LogP contribution in [0.4, 0.5) is 8.78 Å². The van der Waals surface area contributed by atoms with Crippen LogP contribution >= 0.6 is 0 Å². The van der Waals surface area contributed by atoms with Crippen molar-refractivity contribution in [3.05, 3.63) is 35.7 Å². The van der Waals surface area contributed by atoms with Gasteiger partial charge in [0.15, 0.2) is 0 Å². The molecular weight excluding hydrogens is 392 g/mol. The molecule has 0 bridgehead atoms. The van der Waals surface area contributed by atoms with Crippen LogP contribution in [0.25, 0.3) is 6.08 Å². The number of nitrogens with zero attached hydrogens (tertiary/aromatic N) is 4. The second kappa shape index (κ2) is 9.30. The van der Waals surface area contributed by atoms with E-state index >= 15 is 0 Å².